The topological polar surface area (TPSA) is 59.2 Å². The molecular formula is C15H17BrN2O2. The van der Waals surface area contributed by atoms with Crippen molar-refractivity contribution < 1.29 is 9.63 Å². The van der Waals surface area contributed by atoms with E-state index in [1.807, 2.05) is 0 Å². The molecule has 0 atom stereocenters. The number of aromatic hydroxyl groups is 1. The molecule has 3 rings (SSSR count). The lowest BCUT2D eigenvalue weighted by molar-refractivity contribution is 0.406. The van der Waals surface area contributed by atoms with Gasteiger partial charge in [-0.3, -0.25) is 0 Å². The first-order chi connectivity index (χ1) is 9.74. The first kappa shape index (κ1) is 13.6. The molecule has 5 heteroatoms. The van der Waals surface area contributed by atoms with Crippen LogP contribution in [0.15, 0.2) is 27.2 Å². The Bertz CT molecular complexity index is 589. The summed E-state index contributed by atoms with van der Waals surface area (Å²) in [4.78, 5) is 4.49. The van der Waals surface area contributed by atoms with Crippen LogP contribution in [0, 0.1) is 0 Å². The fraction of sp³-hybridized carbons (Fsp3) is 0.467. The lowest BCUT2D eigenvalue weighted by Crippen LogP contribution is -1.99. The van der Waals surface area contributed by atoms with Crippen LogP contribution < -0.4 is 0 Å². The van der Waals surface area contributed by atoms with E-state index in [4.69, 9.17) is 4.52 Å². The molecule has 1 saturated carbocycles. The van der Waals surface area contributed by atoms with Gasteiger partial charge in [-0.1, -0.05) is 46.8 Å². The molecule has 1 heterocycles. The van der Waals surface area contributed by atoms with Gasteiger partial charge in [-0.25, -0.2) is 0 Å². The van der Waals surface area contributed by atoms with E-state index in [9.17, 15) is 5.11 Å². The van der Waals surface area contributed by atoms with Gasteiger partial charge in [0.05, 0.1) is 5.56 Å². The van der Waals surface area contributed by atoms with Gasteiger partial charge in [0, 0.05) is 10.4 Å². The molecular weight excluding hydrogens is 320 g/mol. The fourth-order valence-corrected chi connectivity index (χ4v) is 3.09. The molecule has 1 aliphatic carbocycles. The predicted molar refractivity (Wildman–Crippen MR) is 79.5 cm³/mol. The number of phenols is 1. The van der Waals surface area contributed by atoms with Crippen molar-refractivity contribution in [3.8, 4) is 17.2 Å². The summed E-state index contributed by atoms with van der Waals surface area (Å²) in [6, 6.07) is 5.19. The molecule has 0 aliphatic heterocycles. The highest BCUT2D eigenvalue weighted by atomic mass is 79.9. The van der Waals surface area contributed by atoms with E-state index in [2.05, 4.69) is 26.1 Å². The molecule has 0 spiro atoms. The van der Waals surface area contributed by atoms with E-state index in [0.29, 0.717) is 17.4 Å². The number of rotatable bonds is 2. The van der Waals surface area contributed by atoms with Gasteiger partial charge >= 0.3 is 0 Å². The lowest BCUT2D eigenvalue weighted by Gasteiger charge is -2.07. The largest absolute Gasteiger partial charge is 0.507 e. The van der Waals surface area contributed by atoms with Gasteiger partial charge < -0.3 is 9.63 Å². The quantitative estimate of drug-likeness (QED) is 0.811. The number of aromatic nitrogens is 2. The standard InChI is InChI=1S/C15H17BrN2O2/c16-11-7-8-13(19)12(9-11)15-17-14(18-20-15)10-5-3-1-2-4-6-10/h7-10,19H,1-6H2. The third-order valence-electron chi connectivity index (χ3n) is 3.85. The Balaban J connectivity index is 1.87. The smallest absolute Gasteiger partial charge is 0.261 e. The summed E-state index contributed by atoms with van der Waals surface area (Å²) in [5.41, 5.74) is 0.576. The average Bonchev–Trinajstić information content (AvgIpc) is 2.77. The minimum absolute atomic E-state index is 0.157. The second kappa shape index (κ2) is 5.95. The van der Waals surface area contributed by atoms with Crippen LogP contribution in [0.3, 0.4) is 0 Å². The number of hydrogen-bond donors (Lipinski definition) is 1. The Hall–Kier alpha value is -1.36. The summed E-state index contributed by atoms with van der Waals surface area (Å²) in [7, 11) is 0. The van der Waals surface area contributed by atoms with Crippen LogP contribution in [0.4, 0.5) is 0 Å². The third-order valence-corrected chi connectivity index (χ3v) is 4.34. The monoisotopic (exact) mass is 336 g/mol. The summed E-state index contributed by atoms with van der Waals surface area (Å²) in [6.07, 6.45) is 7.32. The van der Waals surface area contributed by atoms with Gasteiger partial charge in [-0.15, -0.1) is 0 Å². The molecule has 1 aliphatic rings. The maximum atomic E-state index is 9.90. The SMILES string of the molecule is Oc1ccc(Br)cc1-c1nc(C2CCCCCC2)no1. The second-order valence-corrected chi connectivity index (χ2v) is 6.22. The molecule has 1 N–H and O–H groups in total. The van der Waals surface area contributed by atoms with Crippen molar-refractivity contribution >= 4 is 15.9 Å². The Morgan fingerprint density at radius 2 is 1.90 bits per heavy atom. The molecule has 20 heavy (non-hydrogen) atoms. The summed E-state index contributed by atoms with van der Waals surface area (Å²) in [6.45, 7) is 0. The zero-order valence-electron chi connectivity index (χ0n) is 11.2. The summed E-state index contributed by atoms with van der Waals surface area (Å²) >= 11 is 3.39. The molecule has 0 radical (unpaired) electrons. The van der Waals surface area contributed by atoms with Crippen molar-refractivity contribution in [2.24, 2.45) is 0 Å². The minimum atomic E-state index is 0.157. The first-order valence-corrected chi connectivity index (χ1v) is 7.86. The van der Waals surface area contributed by atoms with Gasteiger partial charge in [0.2, 0.25) is 0 Å². The van der Waals surface area contributed by atoms with Crippen LogP contribution >= 0.6 is 15.9 Å². The number of nitrogens with zero attached hydrogens (tertiary/aromatic N) is 2. The molecule has 1 aromatic heterocycles. The van der Waals surface area contributed by atoms with Crippen LogP contribution in [0.2, 0.25) is 0 Å². The molecule has 0 unspecified atom stereocenters. The van der Waals surface area contributed by atoms with Crippen LogP contribution in [-0.2, 0) is 0 Å². The zero-order chi connectivity index (χ0) is 13.9. The van der Waals surface area contributed by atoms with E-state index >= 15 is 0 Å². The number of hydrogen-bond acceptors (Lipinski definition) is 4. The molecule has 0 saturated heterocycles. The van der Waals surface area contributed by atoms with Crippen LogP contribution in [-0.4, -0.2) is 15.2 Å². The number of phenolic OH excluding ortho intramolecular Hbond substituents is 1. The molecule has 1 fully saturated rings. The van der Waals surface area contributed by atoms with E-state index < -0.39 is 0 Å². The molecule has 0 amide bonds. The molecule has 106 valence electrons. The zero-order valence-corrected chi connectivity index (χ0v) is 12.8. The van der Waals surface area contributed by atoms with Crippen molar-refractivity contribution in [3.63, 3.8) is 0 Å². The van der Waals surface area contributed by atoms with E-state index in [1.54, 1.807) is 18.2 Å². The van der Waals surface area contributed by atoms with E-state index in [1.165, 1.54) is 25.7 Å². The predicted octanol–water partition coefficient (Wildman–Crippen LogP) is 4.64. The van der Waals surface area contributed by atoms with Gasteiger partial charge in [-0.2, -0.15) is 4.98 Å². The van der Waals surface area contributed by atoms with Crippen molar-refractivity contribution in [1.82, 2.24) is 10.1 Å². The number of benzene rings is 1. The van der Waals surface area contributed by atoms with Crippen molar-refractivity contribution in [2.45, 2.75) is 44.4 Å². The summed E-state index contributed by atoms with van der Waals surface area (Å²) in [5, 5.41) is 14.0. The van der Waals surface area contributed by atoms with Gasteiger partial charge in [0.1, 0.15) is 5.75 Å². The summed E-state index contributed by atoms with van der Waals surface area (Å²) < 4.78 is 6.21. The molecule has 4 nitrogen and oxygen atoms in total. The Kier molecular flexibility index (Phi) is 4.05. The molecule has 2 aromatic rings. The molecule has 1 aromatic carbocycles. The van der Waals surface area contributed by atoms with Gasteiger partial charge in [0.25, 0.3) is 5.89 Å². The van der Waals surface area contributed by atoms with Crippen LogP contribution in [0.5, 0.6) is 5.75 Å². The lowest BCUT2D eigenvalue weighted by atomic mass is 10.00. The highest BCUT2D eigenvalue weighted by Gasteiger charge is 2.21. The van der Waals surface area contributed by atoms with Crippen molar-refractivity contribution in [2.75, 3.05) is 0 Å². The van der Waals surface area contributed by atoms with E-state index in [0.717, 1.165) is 23.1 Å². The second-order valence-electron chi connectivity index (χ2n) is 5.31. The Morgan fingerprint density at radius 1 is 1.15 bits per heavy atom. The maximum absolute atomic E-state index is 9.90. The maximum Gasteiger partial charge on any atom is 0.261 e. The summed E-state index contributed by atoms with van der Waals surface area (Å²) in [5.74, 6) is 1.72. The molecule has 0 bridgehead atoms. The highest BCUT2D eigenvalue weighted by molar-refractivity contribution is 9.10. The minimum Gasteiger partial charge on any atom is -0.507 e. The van der Waals surface area contributed by atoms with Crippen LogP contribution in [0.25, 0.3) is 11.5 Å². The Labute approximate surface area is 126 Å². The Morgan fingerprint density at radius 3 is 2.65 bits per heavy atom. The average molecular weight is 337 g/mol. The van der Waals surface area contributed by atoms with Crippen molar-refractivity contribution in [3.05, 3.63) is 28.5 Å². The van der Waals surface area contributed by atoms with Crippen LogP contribution in [0.1, 0.15) is 50.3 Å². The first-order valence-electron chi connectivity index (χ1n) is 7.06. The number of halogens is 1. The highest BCUT2D eigenvalue weighted by Crippen LogP contribution is 2.34. The van der Waals surface area contributed by atoms with Crippen molar-refractivity contribution in [1.29, 1.82) is 0 Å². The fourth-order valence-electron chi connectivity index (χ4n) is 2.73. The normalized spacial score (nSPS) is 17.1. The van der Waals surface area contributed by atoms with Gasteiger partial charge in [-0.05, 0) is 31.0 Å². The van der Waals surface area contributed by atoms with Gasteiger partial charge in [0.15, 0.2) is 5.82 Å². The van der Waals surface area contributed by atoms with E-state index in [-0.39, 0.29) is 5.75 Å². The third kappa shape index (κ3) is 2.87.